The molecule has 0 aromatic rings. The molecular weight excluding hydrogens is 829 g/mol. The highest BCUT2D eigenvalue weighted by molar-refractivity contribution is 5.71. The Morgan fingerprint density at radius 3 is 0.776 bits per heavy atom. The van der Waals surface area contributed by atoms with Gasteiger partial charge in [0.05, 0.1) is 0 Å². The molecule has 0 bridgehead atoms. The van der Waals surface area contributed by atoms with Crippen molar-refractivity contribution in [1.29, 1.82) is 0 Å². The second-order valence-electron chi connectivity index (χ2n) is 22.2. The van der Waals surface area contributed by atoms with Crippen LogP contribution in [0.2, 0.25) is 0 Å². The van der Waals surface area contributed by atoms with Gasteiger partial charge in [-0.15, -0.1) is 0 Å². The van der Waals surface area contributed by atoms with E-state index in [2.05, 4.69) is 41.5 Å². The van der Waals surface area contributed by atoms with Gasteiger partial charge in [0.1, 0.15) is 13.2 Å². The van der Waals surface area contributed by atoms with Crippen molar-refractivity contribution < 1.29 is 28.6 Å². The van der Waals surface area contributed by atoms with Crippen LogP contribution in [0.5, 0.6) is 0 Å². The summed E-state index contributed by atoms with van der Waals surface area (Å²) in [6.45, 7) is 13.8. The second kappa shape index (κ2) is 52.2. The SMILES string of the molecule is CCC(C)CCCCCCCCCCCCC(=O)OC[C@@H](COC(=O)CCCCCCCCCCCCCCCCC(C)C)OC(=O)CCCCCCCCCCCCCCCCCC(C)C. The van der Waals surface area contributed by atoms with E-state index in [1.165, 1.54) is 218 Å². The van der Waals surface area contributed by atoms with E-state index in [1.807, 2.05) is 0 Å². The van der Waals surface area contributed by atoms with E-state index in [9.17, 15) is 14.4 Å². The Morgan fingerprint density at radius 1 is 0.299 bits per heavy atom. The third-order valence-corrected chi connectivity index (χ3v) is 14.3. The van der Waals surface area contributed by atoms with Gasteiger partial charge in [-0.05, 0) is 37.0 Å². The highest BCUT2D eigenvalue weighted by atomic mass is 16.6. The molecule has 0 aliphatic carbocycles. The third kappa shape index (κ3) is 53.6. The first-order valence-corrected chi connectivity index (χ1v) is 30.1. The van der Waals surface area contributed by atoms with E-state index in [4.69, 9.17) is 14.2 Å². The summed E-state index contributed by atoms with van der Waals surface area (Å²) < 4.78 is 16.9. The zero-order valence-corrected chi connectivity index (χ0v) is 46.2. The van der Waals surface area contributed by atoms with E-state index < -0.39 is 6.10 Å². The Kier molecular flexibility index (Phi) is 51.0. The van der Waals surface area contributed by atoms with Crippen LogP contribution in [0.25, 0.3) is 0 Å². The van der Waals surface area contributed by atoms with Gasteiger partial charge < -0.3 is 14.2 Å². The highest BCUT2D eigenvalue weighted by Gasteiger charge is 2.19. The molecular formula is C61H118O6. The summed E-state index contributed by atoms with van der Waals surface area (Å²) in [6, 6.07) is 0. The molecule has 6 nitrogen and oxygen atoms in total. The smallest absolute Gasteiger partial charge is 0.306 e. The van der Waals surface area contributed by atoms with Gasteiger partial charge in [-0.3, -0.25) is 14.4 Å². The lowest BCUT2D eigenvalue weighted by molar-refractivity contribution is -0.167. The van der Waals surface area contributed by atoms with Crippen molar-refractivity contribution >= 4 is 17.9 Å². The average Bonchev–Trinajstić information content (AvgIpc) is 3.30. The average molecular weight is 948 g/mol. The first-order chi connectivity index (χ1) is 32.6. The summed E-state index contributed by atoms with van der Waals surface area (Å²) >= 11 is 0. The number of hydrogen-bond acceptors (Lipinski definition) is 6. The van der Waals surface area contributed by atoms with Crippen molar-refractivity contribution in [3.05, 3.63) is 0 Å². The van der Waals surface area contributed by atoms with Gasteiger partial charge in [0, 0.05) is 19.3 Å². The molecule has 6 heteroatoms. The number of ether oxygens (including phenoxy) is 3. The minimum absolute atomic E-state index is 0.0632. The monoisotopic (exact) mass is 947 g/mol. The summed E-state index contributed by atoms with van der Waals surface area (Å²) in [7, 11) is 0. The van der Waals surface area contributed by atoms with E-state index in [0.29, 0.717) is 19.3 Å². The molecule has 0 amide bonds. The van der Waals surface area contributed by atoms with Gasteiger partial charge >= 0.3 is 17.9 Å². The Hall–Kier alpha value is -1.59. The van der Waals surface area contributed by atoms with E-state index in [1.54, 1.807) is 0 Å². The van der Waals surface area contributed by atoms with Crippen LogP contribution < -0.4 is 0 Å². The second-order valence-corrected chi connectivity index (χ2v) is 22.2. The van der Waals surface area contributed by atoms with Crippen LogP contribution in [0, 0.1) is 17.8 Å². The maximum atomic E-state index is 12.9. The van der Waals surface area contributed by atoms with E-state index >= 15 is 0 Å². The zero-order chi connectivity index (χ0) is 49.1. The standard InChI is InChI=1S/C61H118O6/c1-7-57(6)49-43-37-31-25-21-22-27-33-39-45-51-60(63)66-54-58(53-65-59(62)50-44-38-32-26-19-15-12-11-14-18-24-30-36-42-48-56(4)5)67-61(64)52-46-40-34-28-20-16-10-8-9-13-17-23-29-35-41-47-55(2)3/h55-58H,7-54H2,1-6H3/t57?,58-/m1/s1. The lowest BCUT2D eigenvalue weighted by atomic mass is 9.99. The molecule has 0 aliphatic heterocycles. The fourth-order valence-corrected chi connectivity index (χ4v) is 9.32. The summed E-state index contributed by atoms with van der Waals surface area (Å²) in [5.74, 6) is 1.72. The normalized spacial score (nSPS) is 12.5. The maximum absolute atomic E-state index is 12.9. The molecule has 0 radical (unpaired) electrons. The van der Waals surface area contributed by atoms with Crippen molar-refractivity contribution in [3.8, 4) is 0 Å². The number of esters is 3. The fourth-order valence-electron chi connectivity index (χ4n) is 9.32. The van der Waals surface area contributed by atoms with Gasteiger partial charge in [-0.2, -0.15) is 0 Å². The van der Waals surface area contributed by atoms with Crippen molar-refractivity contribution in [3.63, 3.8) is 0 Å². The summed E-state index contributed by atoms with van der Waals surface area (Å²) in [5, 5.41) is 0. The third-order valence-electron chi connectivity index (χ3n) is 14.3. The molecule has 0 saturated heterocycles. The van der Waals surface area contributed by atoms with Gasteiger partial charge in [-0.1, -0.05) is 298 Å². The number of rotatable bonds is 54. The van der Waals surface area contributed by atoms with Crippen LogP contribution in [-0.2, 0) is 28.6 Å². The molecule has 67 heavy (non-hydrogen) atoms. The van der Waals surface area contributed by atoms with Gasteiger partial charge in [0.25, 0.3) is 0 Å². The first kappa shape index (κ1) is 65.4. The molecule has 0 fully saturated rings. The number of hydrogen-bond donors (Lipinski definition) is 0. The van der Waals surface area contributed by atoms with Crippen LogP contribution in [0.3, 0.4) is 0 Å². The molecule has 0 rings (SSSR count). The Balaban J connectivity index is 4.30. The molecule has 0 saturated carbocycles. The topological polar surface area (TPSA) is 78.9 Å². The predicted octanol–water partition coefficient (Wildman–Crippen LogP) is 19.9. The summed E-state index contributed by atoms with van der Waals surface area (Å²) in [5.41, 5.74) is 0. The van der Waals surface area contributed by atoms with Gasteiger partial charge in [-0.25, -0.2) is 0 Å². The van der Waals surface area contributed by atoms with Crippen molar-refractivity contribution in [2.45, 2.75) is 343 Å². The molecule has 1 unspecified atom stereocenters. The largest absolute Gasteiger partial charge is 0.462 e. The molecule has 0 spiro atoms. The molecule has 0 N–H and O–H groups in total. The number of carbonyl (C=O) groups is 3. The maximum Gasteiger partial charge on any atom is 0.306 e. The fraction of sp³-hybridized carbons (Fsp3) is 0.951. The van der Waals surface area contributed by atoms with Crippen molar-refractivity contribution in [1.82, 2.24) is 0 Å². The van der Waals surface area contributed by atoms with Crippen LogP contribution in [0.1, 0.15) is 337 Å². The molecule has 0 heterocycles. The number of unbranched alkanes of at least 4 members (excludes halogenated alkanes) is 36. The molecule has 0 aliphatic rings. The van der Waals surface area contributed by atoms with Crippen LogP contribution in [-0.4, -0.2) is 37.2 Å². The van der Waals surface area contributed by atoms with Crippen molar-refractivity contribution in [2.75, 3.05) is 13.2 Å². The lowest BCUT2D eigenvalue weighted by Crippen LogP contribution is -2.30. The zero-order valence-electron chi connectivity index (χ0n) is 46.2. The van der Waals surface area contributed by atoms with E-state index in [-0.39, 0.29) is 31.1 Å². The van der Waals surface area contributed by atoms with Crippen molar-refractivity contribution in [2.24, 2.45) is 17.8 Å². The van der Waals surface area contributed by atoms with Crippen LogP contribution in [0.4, 0.5) is 0 Å². The minimum atomic E-state index is -0.764. The molecule has 0 aromatic carbocycles. The lowest BCUT2D eigenvalue weighted by Gasteiger charge is -2.18. The quantitative estimate of drug-likeness (QED) is 0.0343. The first-order valence-electron chi connectivity index (χ1n) is 30.1. The number of carbonyl (C=O) groups excluding carboxylic acids is 3. The van der Waals surface area contributed by atoms with Crippen LogP contribution >= 0.6 is 0 Å². The van der Waals surface area contributed by atoms with Gasteiger partial charge in [0.15, 0.2) is 6.10 Å². The summed E-state index contributed by atoms with van der Waals surface area (Å²) in [4.78, 5) is 38.2. The van der Waals surface area contributed by atoms with Gasteiger partial charge in [0.2, 0.25) is 0 Å². The molecule has 0 aromatic heterocycles. The molecule has 398 valence electrons. The minimum Gasteiger partial charge on any atom is -0.462 e. The Morgan fingerprint density at radius 2 is 0.522 bits per heavy atom. The molecule has 2 atom stereocenters. The predicted molar refractivity (Wildman–Crippen MR) is 289 cm³/mol. The Labute approximate surface area is 418 Å². The highest BCUT2D eigenvalue weighted by Crippen LogP contribution is 2.19. The Bertz CT molecular complexity index is 1040. The summed E-state index contributed by atoms with van der Waals surface area (Å²) in [6.07, 6.45) is 55.2. The van der Waals surface area contributed by atoms with E-state index in [0.717, 1.165) is 75.5 Å². The van der Waals surface area contributed by atoms with Crippen LogP contribution in [0.15, 0.2) is 0 Å².